The molecular formula is C18H23N3O5S. The maximum atomic E-state index is 12.5. The summed E-state index contributed by atoms with van der Waals surface area (Å²) in [6.07, 6.45) is 0.263. The molecule has 146 valence electrons. The number of methoxy groups -OCH3 is 1. The average Bonchev–Trinajstić information content (AvgIpc) is 2.89. The van der Waals surface area contributed by atoms with Crippen LogP contribution in [-0.4, -0.2) is 32.4 Å². The first-order chi connectivity index (χ1) is 12.5. The summed E-state index contributed by atoms with van der Waals surface area (Å²) in [5.41, 5.74) is 2.20. The zero-order chi connectivity index (χ0) is 20.4. The summed E-state index contributed by atoms with van der Waals surface area (Å²) in [6, 6.07) is 7.05. The van der Waals surface area contributed by atoms with Crippen LogP contribution in [0.1, 0.15) is 46.6 Å². The van der Waals surface area contributed by atoms with E-state index >= 15 is 0 Å². The molecule has 1 atom stereocenters. The zero-order valence-corrected chi connectivity index (χ0v) is 16.4. The highest BCUT2D eigenvalue weighted by molar-refractivity contribution is 7.89. The van der Waals surface area contributed by atoms with Gasteiger partial charge in [0.2, 0.25) is 10.0 Å². The first kappa shape index (κ1) is 20.7. The number of benzene rings is 1. The van der Waals surface area contributed by atoms with Crippen molar-refractivity contribution < 1.29 is 22.7 Å². The van der Waals surface area contributed by atoms with Crippen molar-refractivity contribution in [3.05, 3.63) is 46.8 Å². The predicted octanol–water partition coefficient (Wildman–Crippen LogP) is 2.20. The number of esters is 1. The lowest BCUT2D eigenvalue weighted by Crippen LogP contribution is -2.16. The van der Waals surface area contributed by atoms with Gasteiger partial charge in [0.15, 0.2) is 0 Å². The molecule has 1 unspecified atom stereocenters. The lowest BCUT2D eigenvalue weighted by atomic mass is 9.98. The van der Waals surface area contributed by atoms with Crippen molar-refractivity contribution in [1.82, 2.24) is 4.98 Å². The molecule has 1 aromatic carbocycles. The number of hydrogen-bond acceptors (Lipinski definition) is 5. The fourth-order valence-corrected chi connectivity index (χ4v) is 3.93. The van der Waals surface area contributed by atoms with Gasteiger partial charge in [0.05, 0.1) is 13.5 Å². The molecule has 8 nitrogen and oxygen atoms in total. The van der Waals surface area contributed by atoms with Crippen LogP contribution in [0.25, 0.3) is 0 Å². The minimum Gasteiger partial charge on any atom is -0.469 e. The van der Waals surface area contributed by atoms with Crippen molar-refractivity contribution in [2.45, 2.75) is 38.0 Å². The highest BCUT2D eigenvalue weighted by Gasteiger charge is 2.24. The van der Waals surface area contributed by atoms with Crippen molar-refractivity contribution in [1.29, 1.82) is 0 Å². The molecule has 2 aromatic rings. The van der Waals surface area contributed by atoms with Gasteiger partial charge in [0.25, 0.3) is 5.91 Å². The molecule has 9 heteroatoms. The third-order valence-electron chi connectivity index (χ3n) is 4.32. The van der Waals surface area contributed by atoms with Gasteiger partial charge in [0, 0.05) is 11.4 Å². The van der Waals surface area contributed by atoms with Crippen LogP contribution in [-0.2, 0) is 19.6 Å². The number of aryl methyl sites for hydroxylation is 1. The number of nitrogens with two attached hydrogens (primary N) is 1. The predicted molar refractivity (Wildman–Crippen MR) is 101 cm³/mol. The Balaban J connectivity index is 2.16. The molecule has 0 bridgehead atoms. The van der Waals surface area contributed by atoms with E-state index in [1.807, 2.05) is 19.1 Å². The number of primary sulfonamides is 1. The summed E-state index contributed by atoms with van der Waals surface area (Å²) in [7, 11) is -2.58. The van der Waals surface area contributed by atoms with Crippen LogP contribution < -0.4 is 10.5 Å². The van der Waals surface area contributed by atoms with E-state index in [9.17, 15) is 18.0 Å². The number of carbonyl (C=O) groups is 2. The van der Waals surface area contributed by atoms with Gasteiger partial charge in [-0.1, -0.05) is 19.1 Å². The number of H-pyrrole nitrogens is 1. The van der Waals surface area contributed by atoms with Crippen LogP contribution in [0.5, 0.6) is 0 Å². The number of anilines is 1. The number of rotatable bonds is 6. The Hall–Kier alpha value is -2.65. The van der Waals surface area contributed by atoms with Gasteiger partial charge >= 0.3 is 5.97 Å². The summed E-state index contributed by atoms with van der Waals surface area (Å²) >= 11 is 0. The van der Waals surface area contributed by atoms with Gasteiger partial charge in [-0.25, -0.2) is 13.6 Å². The van der Waals surface area contributed by atoms with E-state index in [1.54, 1.807) is 19.1 Å². The van der Waals surface area contributed by atoms with Crippen molar-refractivity contribution in [3.8, 4) is 0 Å². The maximum absolute atomic E-state index is 12.5. The van der Waals surface area contributed by atoms with Crippen LogP contribution in [0, 0.1) is 13.8 Å². The summed E-state index contributed by atoms with van der Waals surface area (Å²) in [5, 5.41) is 7.91. The monoisotopic (exact) mass is 393 g/mol. The van der Waals surface area contributed by atoms with Gasteiger partial charge in [-0.05, 0) is 43.0 Å². The van der Waals surface area contributed by atoms with E-state index < -0.39 is 15.9 Å². The van der Waals surface area contributed by atoms with Gasteiger partial charge in [-0.3, -0.25) is 9.59 Å². The molecule has 0 aliphatic rings. The molecule has 2 rings (SSSR count). The minimum atomic E-state index is -3.93. The van der Waals surface area contributed by atoms with Crippen molar-refractivity contribution in [3.63, 3.8) is 0 Å². The first-order valence-electron chi connectivity index (χ1n) is 8.24. The third kappa shape index (κ3) is 4.75. The molecule has 1 aromatic heterocycles. The Bertz CT molecular complexity index is 962. The highest BCUT2D eigenvalue weighted by Crippen LogP contribution is 2.24. The number of amides is 1. The Morgan fingerprint density at radius 3 is 2.30 bits per heavy atom. The van der Waals surface area contributed by atoms with Crippen molar-refractivity contribution >= 4 is 27.6 Å². The molecule has 0 fully saturated rings. The topological polar surface area (TPSA) is 131 Å². The number of hydrogen-bond donors (Lipinski definition) is 3. The SMILES string of the molecule is COC(=O)CC(C)c1ccc(NC(=O)c2[nH]c(C)c(S(N)(=O)=O)c2C)cc1. The third-order valence-corrected chi connectivity index (χ3v) is 5.50. The van der Waals surface area contributed by atoms with Crippen LogP contribution >= 0.6 is 0 Å². The summed E-state index contributed by atoms with van der Waals surface area (Å²) in [6.45, 7) is 4.97. The Kier molecular flexibility index (Phi) is 6.07. The Morgan fingerprint density at radius 2 is 1.81 bits per heavy atom. The molecule has 0 radical (unpaired) electrons. The van der Waals surface area contributed by atoms with Crippen molar-refractivity contribution in [2.24, 2.45) is 5.14 Å². The Labute approximate surface area is 158 Å². The second-order valence-corrected chi connectivity index (χ2v) is 7.88. The fourth-order valence-electron chi connectivity index (χ4n) is 2.93. The summed E-state index contributed by atoms with van der Waals surface area (Å²) in [4.78, 5) is 26.6. The molecule has 27 heavy (non-hydrogen) atoms. The fraction of sp³-hybridized carbons (Fsp3) is 0.333. The lowest BCUT2D eigenvalue weighted by molar-refractivity contribution is -0.140. The van der Waals surface area contributed by atoms with Crippen LogP contribution in [0.2, 0.25) is 0 Å². The van der Waals surface area contributed by atoms with Gasteiger partial charge in [-0.15, -0.1) is 0 Å². The second kappa shape index (κ2) is 7.93. The number of ether oxygens (including phenoxy) is 1. The molecule has 0 aliphatic heterocycles. The van der Waals surface area contributed by atoms with Gasteiger partial charge in [0.1, 0.15) is 10.6 Å². The Morgan fingerprint density at radius 1 is 1.22 bits per heavy atom. The van der Waals surface area contributed by atoms with Crippen LogP contribution in [0.4, 0.5) is 5.69 Å². The number of aromatic amines is 1. The van der Waals surface area contributed by atoms with Crippen LogP contribution in [0.3, 0.4) is 0 Å². The standard InChI is InChI=1S/C18H23N3O5S/c1-10(9-15(22)26-4)13-5-7-14(8-6-13)21-18(23)16-11(2)17(12(3)20-16)27(19,24)25/h5-8,10,20H,9H2,1-4H3,(H,21,23)(H2,19,24,25). The number of nitrogens with one attached hydrogen (secondary N) is 2. The molecule has 1 heterocycles. The normalized spacial score (nSPS) is 12.5. The molecular weight excluding hydrogens is 370 g/mol. The van der Waals surface area contributed by atoms with E-state index in [2.05, 4.69) is 15.0 Å². The lowest BCUT2D eigenvalue weighted by Gasteiger charge is -2.11. The first-order valence-corrected chi connectivity index (χ1v) is 9.79. The molecule has 0 aliphatic carbocycles. The maximum Gasteiger partial charge on any atom is 0.306 e. The number of sulfonamides is 1. The van der Waals surface area contributed by atoms with E-state index in [4.69, 9.17) is 5.14 Å². The molecule has 1 amide bonds. The summed E-state index contributed by atoms with van der Waals surface area (Å²) < 4.78 is 28.0. The van der Waals surface area contributed by atoms with E-state index in [1.165, 1.54) is 14.0 Å². The minimum absolute atomic E-state index is 0.0205. The summed E-state index contributed by atoms with van der Waals surface area (Å²) in [5.74, 6) is -0.781. The number of aromatic nitrogens is 1. The smallest absolute Gasteiger partial charge is 0.306 e. The quantitative estimate of drug-likeness (QED) is 0.647. The molecule has 0 saturated heterocycles. The largest absolute Gasteiger partial charge is 0.469 e. The van der Waals surface area contributed by atoms with Gasteiger partial charge < -0.3 is 15.0 Å². The van der Waals surface area contributed by atoms with Gasteiger partial charge in [-0.2, -0.15) is 0 Å². The molecule has 0 saturated carbocycles. The van der Waals surface area contributed by atoms with E-state index in [0.717, 1.165) is 5.56 Å². The highest BCUT2D eigenvalue weighted by atomic mass is 32.2. The number of carbonyl (C=O) groups excluding carboxylic acids is 2. The second-order valence-electron chi connectivity index (χ2n) is 6.38. The molecule has 4 N–H and O–H groups in total. The zero-order valence-electron chi connectivity index (χ0n) is 15.6. The average molecular weight is 393 g/mol. The van der Waals surface area contributed by atoms with E-state index in [-0.39, 0.29) is 34.5 Å². The molecule has 0 spiro atoms. The van der Waals surface area contributed by atoms with E-state index in [0.29, 0.717) is 11.4 Å². The van der Waals surface area contributed by atoms with Crippen molar-refractivity contribution in [2.75, 3.05) is 12.4 Å². The van der Waals surface area contributed by atoms with Crippen LogP contribution in [0.15, 0.2) is 29.2 Å².